The number of fused-ring (bicyclic) bond motifs is 1. The summed E-state index contributed by atoms with van der Waals surface area (Å²) in [4.78, 5) is 14.5. The molecule has 2 rings (SSSR count). The third kappa shape index (κ3) is 2.52. The summed E-state index contributed by atoms with van der Waals surface area (Å²) in [6.45, 7) is 7.63. The molecule has 1 aromatic carbocycles. The monoisotopic (exact) mass is 261 g/mol. The van der Waals surface area contributed by atoms with Crippen LogP contribution in [0.3, 0.4) is 0 Å². The highest BCUT2D eigenvalue weighted by Crippen LogP contribution is 2.41. The molecule has 1 aromatic rings. The van der Waals surface area contributed by atoms with Crippen LogP contribution in [0.25, 0.3) is 0 Å². The van der Waals surface area contributed by atoms with E-state index in [4.69, 9.17) is 4.74 Å². The third-order valence-electron chi connectivity index (χ3n) is 3.88. The number of amides is 1. The standard InChI is InChI=1S/C16H23NO2/c1-12-7-8-13-14(11-12)17(9-5-6-10-19-4)15(18)16(13,2)3/h7-8,11H,5-6,9-10H2,1-4H3. The Morgan fingerprint density at radius 1 is 1.26 bits per heavy atom. The second-order valence-corrected chi connectivity index (χ2v) is 5.80. The quantitative estimate of drug-likeness (QED) is 0.762. The Morgan fingerprint density at radius 3 is 2.68 bits per heavy atom. The molecular weight excluding hydrogens is 238 g/mol. The maximum Gasteiger partial charge on any atom is 0.237 e. The van der Waals surface area contributed by atoms with Crippen LogP contribution in [0, 0.1) is 6.92 Å². The third-order valence-corrected chi connectivity index (χ3v) is 3.88. The van der Waals surface area contributed by atoms with Crippen LogP contribution in [0.5, 0.6) is 0 Å². The molecule has 0 bridgehead atoms. The lowest BCUT2D eigenvalue weighted by atomic mass is 9.86. The molecule has 0 fully saturated rings. The number of anilines is 1. The Bertz CT molecular complexity index is 480. The Labute approximate surface area is 115 Å². The van der Waals surface area contributed by atoms with Gasteiger partial charge in [-0.3, -0.25) is 4.79 Å². The van der Waals surface area contributed by atoms with Crippen molar-refractivity contribution in [1.29, 1.82) is 0 Å². The Morgan fingerprint density at radius 2 is 2.00 bits per heavy atom. The van der Waals surface area contributed by atoms with Gasteiger partial charge in [-0.2, -0.15) is 0 Å². The van der Waals surface area contributed by atoms with Crippen molar-refractivity contribution >= 4 is 11.6 Å². The van der Waals surface area contributed by atoms with Crippen molar-refractivity contribution in [1.82, 2.24) is 0 Å². The first-order valence-corrected chi connectivity index (χ1v) is 6.90. The smallest absolute Gasteiger partial charge is 0.237 e. The largest absolute Gasteiger partial charge is 0.385 e. The first-order valence-electron chi connectivity index (χ1n) is 6.90. The van der Waals surface area contributed by atoms with E-state index in [9.17, 15) is 4.79 Å². The number of carbonyl (C=O) groups excluding carboxylic acids is 1. The number of aryl methyl sites for hydroxylation is 1. The summed E-state index contributed by atoms with van der Waals surface area (Å²) in [5.74, 6) is 0.213. The predicted molar refractivity (Wildman–Crippen MR) is 77.7 cm³/mol. The predicted octanol–water partition coefficient (Wildman–Crippen LogP) is 3.05. The lowest BCUT2D eigenvalue weighted by Crippen LogP contribution is -2.36. The van der Waals surface area contributed by atoms with Crippen LogP contribution in [-0.2, 0) is 14.9 Å². The van der Waals surface area contributed by atoms with Crippen molar-refractivity contribution in [3.05, 3.63) is 29.3 Å². The van der Waals surface area contributed by atoms with Gasteiger partial charge in [0.25, 0.3) is 0 Å². The molecule has 19 heavy (non-hydrogen) atoms. The SMILES string of the molecule is COCCCCN1C(=O)C(C)(C)c2ccc(C)cc21. The maximum absolute atomic E-state index is 12.6. The summed E-state index contributed by atoms with van der Waals surface area (Å²) in [6, 6.07) is 6.30. The van der Waals surface area contributed by atoms with E-state index >= 15 is 0 Å². The van der Waals surface area contributed by atoms with Crippen molar-refractivity contribution in [2.45, 2.75) is 39.0 Å². The Hall–Kier alpha value is -1.35. The molecule has 0 saturated heterocycles. The van der Waals surface area contributed by atoms with Gasteiger partial charge in [-0.05, 0) is 50.8 Å². The zero-order valence-corrected chi connectivity index (χ0v) is 12.3. The van der Waals surface area contributed by atoms with Gasteiger partial charge in [-0.15, -0.1) is 0 Å². The Kier molecular flexibility index (Phi) is 3.95. The number of hydrogen-bond donors (Lipinski definition) is 0. The topological polar surface area (TPSA) is 29.5 Å². The summed E-state index contributed by atoms with van der Waals surface area (Å²) >= 11 is 0. The highest BCUT2D eigenvalue weighted by atomic mass is 16.5. The fourth-order valence-electron chi connectivity index (χ4n) is 2.69. The molecule has 0 spiro atoms. The maximum atomic E-state index is 12.6. The van der Waals surface area contributed by atoms with Crippen molar-refractivity contribution in [2.75, 3.05) is 25.2 Å². The molecule has 0 unspecified atom stereocenters. The van der Waals surface area contributed by atoms with Crippen LogP contribution in [0.4, 0.5) is 5.69 Å². The minimum Gasteiger partial charge on any atom is -0.385 e. The zero-order chi connectivity index (χ0) is 14.0. The van der Waals surface area contributed by atoms with Gasteiger partial charge < -0.3 is 9.64 Å². The number of carbonyl (C=O) groups is 1. The Balaban J connectivity index is 2.21. The number of benzene rings is 1. The van der Waals surface area contributed by atoms with E-state index in [1.54, 1.807) is 7.11 Å². The van der Waals surface area contributed by atoms with Crippen LogP contribution in [0.15, 0.2) is 18.2 Å². The summed E-state index contributed by atoms with van der Waals surface area (Å²) < 4.78 is 5.06. The van der Waals surface area contributed by atoms with Gasteiger partial charge in [-0.1, -0.05) is 12.1 Å². The molecule has 3 heteroatoms. The molecule has 3 nitrogen and oxygen atoms in total. The molecule has 0 atom stereocenters. The molecule has 104 valence electrons. The second kappa shape index (κ2) is 5.33. The minimum atomic E-state index is -0.399. The van der Waals surface area contributed by atoms with Crippen molar-refractivity contribution in [3.8, 4) is 0 Å². The zero-order valence-electron chi connectivity index (χ0n) is 12.3. The van der Waals surface area contributed by atoms with Gasteiger partial charge >= 0.3 is 0 Å². The van der Waals surface area contributed by atoms with E-state index in [-0.39, 0.29) is 5.91 Å². The summed E-state index contributed by atoms with van der Waals surface area (Å²) in [7, 11) is 1.71. The van der Waals surface area contributed by atoms with Gasteiger partial charge in [0.15, 0.2) is 0 Å². The van der Waals surface area contributed by atoms with Crippen molar-refractivity contribution in [2.24, 2.45) is 0 Å². The molecule has 0 radical (unpaired) electrons. The summed E-state index contributed by atoms with van der Waals surface area (Å²) in [6.07, 6.45) is 1.96. The molecule has 0 saturated carbocycles. The van der Waals surface area contributed by atoms with E-state index in [0.717, 1.165) is 37.2 Å². The van der Waals surface area contributed by atoms with Gasteiger partial charge in [0, 0.05) is 25.9 Å². The number of rotatable bonds is 5. The van der Waals surface area contributed by atoms with E-state index in [0.29, 0.717) is 0 Å². The molecule has 0 aromatic heterocycles. The second-order valence-electron chi connectivity index (χ2n) is 5.80. The number of ether oxygens (including phenoxy) is 1. The fraction of sp³-hybridized carbons (Fsp3) is 0.562. The molecule has 1 aliphatic heterocycles. The number of unbranched alkanes of at least 4 members (excludes halogenated alkanes) is 1. The van der Waals surface area contributed by atoms with Crippen LogP contribution in [-0.4, -0.2) is 26.2 Å². The van der Waals surface area contributed by atoms with E-state index in [2.05, 4.69) is 25.1 Å². The van der Waals surface area contributed by atoms with Gasteiger partial charge in [0.2, 0.25) is 5.91 Å². The highest BCUT2D eigenvalue weighted by Gasteiger charge is 2.43. The fourth-order valence-corrected chi connectivity index (χ4v) is 2.69. The molecule has 1 aliphatic rings. The van der Waals surface area contributed by atoms with Crippen LogP contribution in [0.2, 0.25) is 0 Å². The normalized spacial score (nSPS) is 16.8. The average molecular weight is 261 g/mol. The van der Waals surface area contributed by atoms with E-state index in [1.807, 2.05) is 18.7 Å². The molecule has 1 heterocycles. The molecule has 0 aliphatic carbocycles. The first kappa shape index (κ1) is 14.1. The van der Waals surface area contributed by atoms with Crippen LogP contribution in [0.1, 0.15) is 37.8 Å². The van der Waals surface area contributed by atoms with Gasteiger partial charge in [0.1, 0.15) is 0 Å². The molecular formula is C16H23NO2. The van der Waals surface area contributed by atoms with Crippen molar-refractivity contribution in [3.63, 3.8) is 0 Å². The lowest BCUT2D eigenvalue weighted by molar-refractivity contribution is -0.122. The number of nitrogens with zero attached hydrogens (tertiary/aromatic N) is 1. The van der Waals surface area contributed by atoms with Gasteiger partial charge in [0.05, 0.1) is 5.41 Å². The average Bonchev–Trinajstić information content (AvgIpc) is 2.54. The van der Waals surface area contributed by atoms with E-state index in [1.165, 1.54) is 5.56 Å². The minimum absolute atomic E-state index is 0.213. The van der Waals surface area contributed by atoms with Crippen LogP contribution >= 0.6 is 0 Å². The van der Waals surface area contributed by atoms with E-state index < -0.39 is 5.41 Å². The highest BCUT2D eigenvalue weighted by molar-refractivity contribution is 6.07. The first-order chi connectivity index (χ1) is 8.98. The number of methoxy groups -OCH3 is 1. The number of hydrogen-bond acceptors (Lipinski definition) is 2. The summed E-state index contributed by atoms with van der Waals surface area (Å²) in [5, 5.41) is 0. The van der Waals surface area contributed by atoms with Crippen molar-refractivity contribution < 1.29 is 9.53 Å². The molecule has 1 amide bonds. The van der Waals surface area contributed by atoms with Crippen LogP contribution < -0.4 is 4.90 Å². The molecule has 0 N–H and O–H groups in total. The lowest BCUT2D eigenvalue weighted by Gasteiger charge is -2.20. The summed E-state index contributed by atoms with van der Waals surface area (Å²) in [5.41, 5.74) is 3.04. The van der Waals surface area contributed by atoms with Gasteiger partial charge in [-0.25, -0.2) is 0 Å².